The Bertz CT molecular complexity index is 604. The lowest BCUT2D eigenvalue weighted by atomic mass is 10.2. The Labute approximate surface area is 115 Å². The van der Waals surface area contributed by atoms with E-state index >= 15 is 0 Å². The van der Waals surface area contributed by atoms with Crippen LogP contribution in [0.4, 0.5) is 0 Å². The van der Waals surface area contributed by atoms with Crippen molar-refractivity contribution >= 4 is 28.8 Å². The summed E-state index contributed by atoms with van der Waals surface area (Å²) in [5, 5.41) is 0.651. The fourth-order valence-electron chi connectivity index (χ4n) is 1.35. The van der Waals surface area contributed by atoms with E-state index in [0.717, 1.165) is 5.56 Å². The van der Waals surface area contributed by atoms with Gasteiger partial charge in [-0.15, -0.1) is 0 Å². The zero-order chi connectivity index (χ0) is 13.1. The Kier molecular flexibility index (Phi) is 3.74. The monoisotopic (exact) mass is 279 g/mol. The summed E-state index contributed by atoms with van der Waals surface area (Å²) in [5.41, 5.74) is 6.86. The van der Waals surface area contributed by atoms with Crippen LogP contribution in [0.1, 0.15) is 11.3 Å². The number of benzene rings is 1. The van der Waals surface area contributed by atoms with Gasteiger partial charge in [0, 0.05) is 11.2 Å². The van der Waals surface area contributed by atoms with Crippen LogP contribution in [0.25, 0.3) is 0 Å². The van der Waals surface area contributed by atoms with Crippen LogP contribution in [0, 0.1) is 6.92 Å². The van der Waals surface area contributed by atoms with Gasteiger partial charge in [0.2, 0.25) is 0 Å². The van der Waals surface area contributed by atoms with Crippen molar-refractivity contribution in [3.8, 4) is 11.8 Å². The Morgan fingerprint density at radius 1 is 1.39 bits per heavy atom. The molecule has 18 heavy (non-hydrogen) atoms. The molecular formula is C12H10ClN3OS. The number of aryl methyl sites for hydroxylation is 1. The summed E-state index contributed by atoms with van der Waals surface area (Å²) in [7, 11) is 0. The van der Waals surface area contributed by atoms with Gasteiger partial charge in [0.15, 0.2) is 0 Å². The average Bonchev–Trinajstić information content (AvgIpc) is 2.33. The summed E-state index contributed by atoms with van der Waals surface area (Å²) in [5.74, 6) is 0.638. The minimum atomic E-state index is 0.200. The molecule has 0 aliphatic rings. The highest BCUT2D eigenvalue weighted by atomic mass is 35.5. The Balaban J connectivity index is 2.28. The molecule has 2 N–H and O–H groups in total. The highest BCUT2D eigenvalue weighted by Gasteiger charge is 2.06. The molecule has 0 saturated heterocycles. The predicted molar refractivity (Wildman–Crippen MR) is 74.2 cm³/mol. The molecule has 0 bridgehead atoms. The number of aromatic nitrogens is 2. The van der Waals surface area contributed by atoms with Crippen LogP contribution in [0.3, 0.4) is 0 Å². The van der Waals surface area contributed by atoms with Crippen molar-refractivity contribution in [2.75, 3.05) is 0 Å². The first-order chi connectivity index (χ1) is 8.56. The Morgan fingerprint density at radius 2 is 2.17 bits per heavy atom. The maximum absolute atomic E-state index is 5.87. The highest BCUT2D eigenvalue weighted by Crippen LogP contribution is 2.25. The molecule has 0 saturated carbocycles. The molecule has 92 valence electrons. The quantitative estimate of drug-likeness (QED) is 0.876. The van der Waals surface area contributed by atoms with Gasteiger partial charge in [-0.05, 0) is 36.8 Å². The van der Waals surface area contributed by atoms with Gasteiger partial charge in [0.1, 0.15) is 16.4 Å². The molecule has 0 aliphatic carbocycles. The van der Waals surface area contributed by atoms with Gasteiger partial charge in [-0.3, -0.25) is 0 Å². The van der Waals surface area contributed by atoms with Gasteiger partial charge in [-0.25, -0.2) is 4.98 Å². The van der Waals surface area contributed by atoms with E-state index in [2.05, 4.69) is 9.97 Å². The lowest BCUT2D eigenvalue weighted by Gasteiger charge is -2.07. The van der Waals surface area contributed by atoms with Crippen molar-refractivity contribution in [1.82, 2.24) is 9.97 Å². The number of nitrogens with two attached hydrogens (primary N) is 1. The van der Waals surface area contributed by atoms with Gasteiger partial charge >= 0.3 is 6.01 Å². The highest BCUT2D eigenvalue weighted by molar-refractivity contribution is 7.80. The van der Waals surface area contributed by atoms with E-state index in [1.807, 2.05) is 6.92 Å². The van der Waals surface area contributed by atoms with E-state index in [9.17, 15) is 0 Å². The number of hydrogen-bond donors (Lipinski definition) is 1. The molecule has 0 radical (unpaired) electrons. The number of thiocarbonyl (C=S) groups is 1. The van der Waals surface area contributed by atoms with Gasteiger partial charge in [0.25, 0.3) is 0 Å². The average molecular weight is 280 g/mol. The number of hydrogen-bond acceptors (Lipinski definition) is 4. The summed E-state index contributed by atoms with van der Waals surface area (Å²) < 4.78 is 5.56. The van der Waals surface area contributed by atoms with E-state index in [1.54, 1.807) is 30.5 Å². The van der Waals surface area contributed by atoms with Crippen molar-refractivity contribution in [1.29, 1.82) is 0 Å². The van der Waals surface area contributed by atoms with E-state index in [1.165, 1.54) is 0 Å². The third kappa shape index (κ3) is 2.94. The first-order valence-corrected chi connectivity index (χ1v) is 5.92. The molecule has 0 aliphatic heterocycles. The standard InChI is InChI=1S/C12H10ClN3OS/c1-7-6-8(13)2-3-10(7)17-12-15-5-4-9(16-12)11(14)18/h2-6H,1H3,(H2,14,18). The van der Waals surface area contributed by atoms with Gasteiger partial charge in [-0.1, -0.05) is 23.8 Å². The molecule has 1 aromatic heterocycles. The van der Waals surface area contributed by atoms with E-state index in [0.29, 0.717) is 16.5 Å². The molecule has 0 fully saturated rings. The van der Waals surface area contributed by atoms with Crippen molar-refractivity contribution in [3.05, 3.63) is 46.7 Å². The van der Waals surface area contributed by atoms with Crippen LogP contribution < -0.4 is 10.5 Å². The van der Waals surface area contributed by atoms with Crippen LogP contribution in [0.5, 0.6) is 11.8 Å². The van der Waals surface area contributed by atoms with Crippen LogP contribution in [-0.4, -0.2) is 15.0 Å². The van der Waals surface area contributed by atoms with Crippen LogP contribution >= 0.6 is 23.8 Å². The SMILES string of the molecule is Cc1cc(Cl)ccc1Oc1nccc(C(N)=S)n1. The van der Waals surface area contributed by atoms with E-state index in [4.69, 9.17) is 34.3 Å². The van der Waals surface area contributed by atoms with Crippen molar-refractivity contribution in [2.45, 2.75) is 6.92 Å². The first kappa shape index (κ1) is 12.7. The van der Waals surface area contributed by atoms with Crippen molar-refractivity contribution in [2.24, 2.45) is 5.73 Å². The van der Waals surface area contributed by atoms with Crippen LogP contribution in [0.15, 0.2) is 30.5 Å². The summed E-state index contributed by atoms with van der Waals surface area (Å²) in [6.07, 6.45) is 1.54. The normalized spacial score (nSPS) is 10.1. The number of nitrogens with zero attached hydrogens (tertiary/aromatic N) is 2. The third-order valence-corrected chi connectivity index (χ3v) is 2.67. The largest absolute Gasteiger partial charge is 0.424 e. The van der Waals surface area contributed by atoms with Crippen molar-refractivity contribution in [3.63, 3.8) is 0 Å². The molecule has 0 unspecified atom stereocenters. The second kappa shape index (κ2) is 5.29. The molecule has 0 spiro atoms. The number of rotatable bonds is 3. The molecule has 1 aromatic carbocycles. The summed E-state index contributed by atoms with van der Waals surface area (Å²) in [4.78, 5) is 8.30. The van der Waals surface area contributed by atoms with Crippen molar-refractivity contribution < 1.29 is 4.74 Å². The fourth-order valence-corrected chi connectivity index (χ4v) is 1.69. The Hall–Kier alpha value is -1.72. The number of ether oxygens (including phenoxy) is 1. The molecule has 2 aromatic rings. The lowest BCUT2D eigenvalue weighted by Crippen LogP contribution is -2.12. The lowest BCUT2D eigenvalue weighted by molar-refractivity contribution is 0.438. The molecule has 6 heteroatoms. The second-order valence-corrected chi connectivity index (χ2v) is 4.48. The smallest absolute Gasteiger partial charge is 0.322 e. The molecule has 4 nitrogen and oxygen atoms in total. The van der Waals surface area contributed by atoms with Crippen LogP contribution in [-0.2, 0) is 0 Å². The molecule has 1 heterocycles. The molecule has 0 atom stereocenters. The van der Waals surface area contributed by atoms with Gasteiger partial charge < -0.3 is 10.5 Å². The zero-order valence-corrected chi connectivity index (χ0v) is 11.1. The van der Waals surface area contributed by atoms with E-state index in [-0.39, 0.29) is 11.0 Å². The summed E-state index contributed by atoms with van der Waals surface area (Å²) in [6.45, 7) is 1.89. The number of halogens is 1. The van der Waals surface area contributed by atoms with Crippen LogP contribution in [0.2, 0.25) is 5.02 Å². The Morgan fingerprint density at radius 3 is 2.83 bits per heavy atom. The van der Waals surface area contributed by atoms with Gasteiger partial charge in [0.05, 0.1) is 0 Å². The predicted octanol–water partition coefficient (Wildman–Crippen LogP) is 2.86. The zero-order valence-electron chi connectivity index (χ0n) is 9.55. The minimum Gasteiger partial charge on any atom is -0.424 e. The molecule has 0 amide bonds. The third-order valence-electron chi connectivity index (χ3n) is 2.22. The summed E-state index contributed by atoms with van der Waals surface area (Å²) in [6, 6.07) is 7.12. The molecular weight excluding hydrogens is 270 g/mol. The molecule has 2 rings (SSSR count). The first-order valence-electron chi connectivity index (χ1n) is 5.13. The summed E-state index contributed by atoms with van der Waals surface area (Å²) >= 11 is 10.7. The minimum absolute atomic E-state index is 0.200. The topological polar surface area (TPSA) is 61.0 Å². The van der Waals surface area contributed by atoms with E-state index < -0.39 is 0 Å². The second-order valence-electron chi connectivity index (χ2n) is 3.60. The van der Waals surface area contributed by atoms with Gasteiger partial charge in [-0.2, -0.15) is 4.98 Å². The fraction of sp³-hybridized carbons (Fsp3) is 0.0833. The maximum atomic E-state index is 5.87. The maximum Gasteiger partial charge on any atom is 0.322 e.